The number of carbonyl (C=O) groups is 1. The first-order valence-corrected chi connectivity index (χ1v) is 8.74. The van der Waals surface area contributed by atoms with Gasteiger partial charge in [-0.05, 0) is 26.0 Å². The standard InChI is InChI=1S/C19H32N4O2.HI/c1-15(18(24)25-5)13-22-19(20-3)21-12-11-16(2)23(4)14-17-9-7-6-8-10-17;/h6-10,15-16H,11-14H2,1-5H3,(H2,20,21,22);1H. The molecule has 0 fully saturated rings. The van der Waals surface area contributed by atoms with Crippen LogP contribution in [-0.2, 0) is 16.1 Å². The lowest BCUT2D eigenvalue weighted by atomic mass is 10.1. The van der Waals surface area contributed by atoms with Crippen molar-refractivity contribution in [1.29, 1.82) is 0 Å². The molecule has 0 bridgehead atoms. The summed E-state index contributed by atoms with van der Waals surface area (Å²) in [6, 6.07) is 10.9. The Kier molecular flexibility index (Phi) is 13.1. The summed E-state index contributed by atoms with van der Waals surface area (Å²) in [4.78, 5) is 17.9. The van der Waals surface area contributed by atoms with E-state index in [1.807, 2.05) is 13.0 Å². The Morgan fingerprint density at radius 2 is 1.88 bits per heavy atom. The lowest BCUT2D eigenvalue weighted by Gasteiger charge is -2.25. The SMILES string of the molecule is CN=C(NCCC(C)N(C)Cc1ccccc1)NCC(C)C(=O)OC.I. The summed E-state index contributed by atoms with van der Waals surface area (Å²) in [5.41, 5.74) is 1.32. The Morgan fingerprint density at radius 3 is 2.46 bits per heavy atom. The van der Waals surface area contributed by atoms with E-state index in [-0.39, 0.29) is 35.9 Å². The van der Waals surface area contributed by atoms with Crippen LogP contribution in [0.15, 0.2) is 35.3 Å². The van der Waals surface area contributed by atoms with Crippen LogP contribution in [0.4, 0.5) is 0 Å². The van der Waals surface area contributed by atoms with Gasteiger partial charge in [0, 0.05) is 32.7 Å². The Hall–Kier alpha value is -1.35. The fourth-order valence-corrected chi connectivity index (χ4v) is 2.40. The van der Waals surface area contributed by atoms with E-state index in [1.165, 1.54) is 12.7 Å². The van der Waals surface area contributed by atoms with Gasteiger partial charge in [-0.3, -0.25) is 14.7 Å². The average Bonchev–Trinajstić information content (AvgIpc) is 2.63. The van der Waals surface area contributed by atoms with Crippen LogP contribution in [0.1, 0.15) is 25.8 Å². The third-order valence-electron chi connectivity index (χ3n) is 4.28. The Labute approximate surface area is 174 Å². The molecule has 7 heteroatoms. The minimum Gasteiger partial charge on any atom is -0.469 e. The second-order valence-corrected chi connectivity index (χ2v) is 6.34. The number of nitrogens with one attached hydrogen (secondary N) is 2. The van der Waals surface area contributed by atoms with Crippen molar-refractivity contribution >= 4 is 35.9 Å². The van der Waals surface area contributed by atoms with Crippen molar-refractivity contribution in [2.75, 3.05) is 34.3 Å². The molecule has 0 aliphatic carbocycles. The smallest absolute Gasteiger partial charge is 0.310 e. The number of benzene rings is 1. The van der Waals surface area contributed by atoms with Gasteiger partial charge in [-0.2, -0.15) is 0 Å². The third kappa shape index (κ3) is 9.38. The van der Waals surface area contributed by atoms with E-state index < -0.39 is 0 Å². The molecule has 2 N–H and O–H groups in total. The highest BCUT2D eigenvalue weighted by molar-refractivity contribution is 14.0. The normalized spacial score (nSPS) is 13.5. The van der Waals surface area contributed by atoms with Crippen molar-refractivity contribution in [2.45, 2.75) is 32.9 Å². The molecule has 0 heterocycles. The second kappa shape index (κ2) is 13.8. The fourth-order valence-electron chi connectivity index (χ4n) is 2.40. The van der Waals surface area contributed by atoms with Gasteiger partial charge in [-0.15, -0.1) is 24.0 Å². The van der Waals surface area contributed by atoms with Crippen LogP contribution in [0.2, 0.25) is 0 Å². The van der Waals surface area contributed by atoms with Gasteiger partial charge in [-0.1, -0.05) is 37.3 Å². The van der Waals surface area contributed by atoms with Gasteiger partial charge in [0.2, 0.25) is 0 Å². The van der Waals surface area contributed by atoms with Crippen LogP contribution < -0.4 is 10.6 Å². The topological polar surface area (TPSA) is 66.0 Å². The van der Waals surface area contributed by atoms with Gasteiger partial charge in [0.25, 0.3) is 0 Å². The number of nitrogens with zero attached hydrogens (tertiary/aromatic N) is 2. The van der Waals surface area contributed by atoms with E-state index in [2.05, 4.69) is 58.8 Å². The fraction of sp³-hybridized carbons (Fsp3) is 0.579. The number of hydrogen-bond donors (Lipinski definition) is 2. The molecule has 0 aliphatic heterocycles. The monoisotopic (exact) mass is 476 g/mol. The van der Waals surface area contributed by atoms with E-state index in [0.717, 1.165) is 19.5 Å². The van der Waals surface area contributed by atoms with E-state index >= 15 is 0 Å². The number of halogens is 1. The lowest BCUT2D eigenvalue weighted by molar-refractivity contribution is -0.144. The molecular weight excluding hydrogens is 443 g/mol. The summed E-state index contributed by atoms with van der Waals surface area (Å²) >= 11 is 0. The molecule has 1 aromatic carbocycles. The van der Waals surface area contributed by atoms with Crippen LogP contribution in [0.5, 0.6) is 0 Å². The summed E-state index contributed by atoms with van der Waals surface area (Å²) in [7, 11) is 5.27. The summed E-state index contributed by atoms with van der Waals surface area (Å²) in [5.74, 6) is 0.271. The van der Waals surface area contributed by atoms with Crippen molar-refractivity contribution in [3.05, 3.63) is 35.9 Å². The van der Waals surface area contributed by atoms with Gasteiger partial charge in [0.05, 0.1) is 13.0 Å². The summed E-state index contributed by atoms with van der Waals surface area (Å²) in [5, 5.41) is 6.44. The Balaban J connectivity index is 0.00000625. The summed E-state index contributed by atoms with van der Waals surface area (Å²) < 4.78 is 4.72. The molecule has 1 rings (SSSR count). The van der Waals surface area contributed by atoms with Crippen molar-refractivity contribution in [3.63, 3.8) is 0 Å². The van der Waals surface area contributed by atoms with Crippen LogP contribution >= 0.6 is 24.0 Å². The Morgan fingerprint density at radius 1 is 1.23 bits per heavy atom. The van der Waals surface area contributed by atoms with Crippen molar-refractivity contribution in [3.8, 4) is 0 Å². The number of guanidine groups is 1. The number of aliphatic imine (C=N–C) groups is 1. The van der Waals surface area contributed by atoms with E-state index in [4.69, 9.17) is 4.74 Å². The maximum atomic E-state index is 11.4. The number of rotatable bonds is 9. The molecule has 6 nitrogen and oxygen atoms in total. The van der Waals surface area contributed by atoms with Gasteiger partial charge in [0.15, 0.2) is 5.96 Å². The number of esters is 1. The molecule has 0 spiro atoms. The molecule has 2 atom stereocenters. The minimum atomic E-state index is -0.223. The molecule has 0 amide bonds. The van der Waals surface area contributed by atoms with Crippen LogP contribution in [0.25, 0.3) is 0 Å². The molecule has 148 valence electrons. The quantitative estimate of drug-likeness (QED) is 0.248. The number of ether oxygens (including phenoxy) is 1. The summed E-state index contributed by atoms with van der Waals surface area (Å²) in [6.45, 7) is 6.29. The first kappa shape index (κ1) is 24.7. The van der Waals surface area contributed by atoms with E-state index in [1.54, 1.807) is 7.05 Å². The largest absolute Gasteiger partial charge is 0.469 e. The zero-order chi connectivity index (χ0) is 18.7. The molecule has 0 aliphatic rings. The van der Waals surface area contributed by atoms with Gasteiger partial charge in [-0.25, -0.2) is 0 Å². The molecule has 0 saturated carbocycles. The van der Waals surface area contributed by atoms with Gasteiger partial charge >= 0.3 is 5.97 Å². The highest BCUT2D eigenvalue weighted by atomic mass is 127. The molecule has 2 unspecified atom stereocenters. The average molecular weight is 476 g/mol. The predicted octanol–water partition coefficient (Wildman–Crippen LogP) is 2.49. The lowest BCUT2D eigenvalue weighted by Crippen LogP contribution is -2.42. The Bertz CT molecular complexity index is 540. The molecule has 1 aromatic rings. The number of hydrogen-bond acceptors (Lipinski definition) is 4. The zero-order valence-corrected chi connectivity index (χ0v) is 18.8. The third-order valence-corrected chi connectivity index (χ3v) is 4.28. The van der Waals surface area contributed by atoms with E-state index in [0.29, 0.717) is 18.5 Å². The maximum absolute atomic E-state index is 11.4. The van der Waals surface area contributed by atoms with Crippen molar-refractivity contribution in [2.24, 2.45) is 10.9 Å². The number of methoxy groups -OCH3 is 1. The predicted molar refractivity (Wildman–Crippen MR) is 118 cm³/mol. The second-order valence-electron chi connectivity index (χ2n) is 6.34. The van der Waals surface area contributed by atoms with Crippen molar-refractivity contribution in [1.82, 2.24) is 15.5 Å². The van der Waals surface area contributed by atoms with Crippen LogP contribution in [0, 0.1) is 5.92 Å². The number of carbonyl (C=O) groups excluding carboxylic acids is 1. The molecule has 0 aromatic heterocycles. The first-order valence-electron chi connectivity index (χ1n) is 8.74. The van der Waals surface area contributed by atoms with Gasteiger partial charge < -0.3 is 15.4 Å². The molecule has 26 heavy (non-hydrogen) atoms. The molecule has 0 saturated heterocycles. The first-order chi connectivity index (χ1) is 12.0. The summed E-state index contributed by atoms with van der Waals surface area (Å²) in [6.07, 6.45) is 0.997. The van der Waals surface area contributed by atoms with E-state index in [9.17, 15) is 4.79 Å². The van der Waals surface area contributed by atoms with Crippen LogP contribution in [0.3, 0.4) is 0 Å². The minimum absolute atomic E-state index is 0. The highest BCUT2D eigenvalue weighted by Crippen LogP contribution is 2.07. The maximum Gasteiger partial charge on any atom is 0.310 e. The zero-order valence-electron chi connectivity index (χ0n) is 16.5. The molecule has 0 radical (unpaired) electrons. The van der Waals surface area contributed by atoms with Gasteiger partial charge in [0.1, 0.15) is 0 Å². The molecular formula is C19H33IN4O2. The van der Waals surface area contributed by atoms with Crippen molar-refractivity contribution < 1.29 is 9.53 Å². The highest BCUT2D eigenvalue weighted by Gasteiger charge is 2.14. The van der Waals surface area contributed by atoms with Crippen LogP contribution in [-0.4, -0.2) is 57.2 Å².